The summed E-state index contributed by atoms with van der Waals surface area (Å²) in [6.07, 6.45) is 4.66. The van der Waals surface area contributed by atoms with Crippen LogP contribution in [-0.4, -0.2) is 16.1 Å². The van der Waals surface area contributed by atoms with Crippen LogP contribution >= 0.6 is 0 Å². The van der Waals surface area contributed by atoms with E-state index in [1.54, 1.807) is 18.3 Å². The second kappa shape index (κ2) is 5.43. The molecular formula is C16H16FN3. The monoisotopic (exact) mass is 269 g/mol. The molecule has 2 aromatic heterocycles. The Morgan fingerprint density at radius 3 is 2.90 bits per heavy atom. The largest absolute Gasteiger partial charge is 0.330 e. The highest BCUT2D eigenvalue weighted by Crippen LogP contribution is 2.21. The molecular weight excluding hydrogens is 253 g/mol. The third kappa shape index (κ3) is 2.42. The predicted molar refractivity (Wildman–Crippen MR) is 78.0 cm³/mol. The van der Waals surface area contributed by atoms with Crippen molar-refractivity contribution in [1.29, 1.82) is 0 Å². The minimum atomic E-state index is -0.214. The summed E-state index contributed by atoms with van der Waals surface area (Å²) in [6, 6.07) is 10.6. The Morgan fingerprint density at radius 2 is 2.10 bits per heavy atom. The van der Waals surface area contributed by atoms with Gasteiger partial charge in [-0.15, -0.1) is 0 Å². The van der Waals surface area contributed by atoms with Gasteiger partial charge in [0.1, 0.15) is 11.5 Å². The molecule has 0 fully saturated rings. The van der Waals surface area contributed by atoms with E-state index >= 15 is 0 Å². The van der Waals surface area contributed by atoms with Crippen LogP contribution < -0.4 is 5.73 Å². The average Bonchev–Trinajstić information content (AvgIpc) is 2.78. The first-order valence-electron chi connectivity index (χ1n) is 6.65. The highest BCUT2D eigenvalue weighted by molar-refractivity contribution is 5.80. The van der Waals surface area contributed by atoms with E-state index in [9.17, 15) is 4.39 Å². The second-order valence-corrected chi connectivity index (χ2v) is 4.83. The molecule has 0 spiro atoms. The lowest BCUT2D eigenvalue weighted by Gasteiger charge is -2.04. The zero-order valence-corrected chi connectivity index (χ0v) is 11.1. The number of nitrogens with zero attached hydrogens (tertiary/aromatic N) is 2. The maximum absolute atomic E-state index is 13.3. The molecule has 0 aliphatic rings. The highest BCUT2D eigenvalue weighted by Gasteiger charge is 2.09. The summed E-state index contributed by atoms with van der Waals surface area (Å²) in [7, 11) is 0. The van der Waals surface area contributed by atoms with Gasteiger partial charge in [0, 0.05) is 24.3 Å². The van der Waals surface area contributed by atoms with E-state index in [4.69, 9.17) is 5.73 Å². The Hall–Kier alpha value is -2.20. The van der Waals surface area contributed by atoms with Gasteiger partial charge in [-0.05, 0) is 48.4 Å². The predicted octanol–water partition coefficient (Wildman–Crippen LogP) is 2.72. The van der Waals surface area contributed by atoms with Crippen LogP contribution in [0.2, 0.25) is 0 Å². The van der Waals surface area contributed by atoms with E-state index in [1.165, 1.54) is 11.6 Å². The summed E-state index contributed by atoms with van der Waals surface area (Å²) in [6.45, 7) is 1.21. The van der Waals surface area contributed by atoms with Crippen LogP contribution in [0, 0.1) is 5.82 Å². The Morgan fingerprint density at radius 1 is 1.20 bits per heavy atom. The Balaban J connectivity index is 2.03. The zero-order chi connectivity index (χ0) is 13.9. The van der Waals surface area contributed by atoms with Gasteiger partial charge in [-0.1, -0.05) is 12.1 Å². The summed E-state index contributed by atoms with van der Waals surface area (Å²) < 4.78 is 15.3. The fraction of sp³-hybridized carbons (Fsp3) is 0.188. The number of pyridine rings is 1. The van der Waals surface area contributed by atoms with Crippen LogP contribution in [-0.2, 0) is 13.0 Å². The summed E-state index contributed by atoms with van der Waals surface area (Å²) >= 11 is 0. The number of fused-ring (bicyclic) bond motifs is 1. The van der Waals surface area contributed by atoms with Gasteiger partial charge in [0.2, 0.25) is 0 Å². The number of aromatic nitrogens is 2. The number of halogens is 1. The molecule has 102 valence electrons. The number of benzene rings is 1. The van der Waals surface area contributed by atoms with Gasteiger partial charge >= 0.3 is 0 Å². The Bertz CT molecular complexity index is 733. The lowest BCUT2D eigenvalue weighted by molar-refractivity contribution is 0.624. The molecule has 3 nitrogen and oxygen atoms in total. The van der Waals surface area contributed by atoms with Gasteiger partial charge in [0.15, 0.2) is 0 Å². The van der Waals surface area contributed by atoms with Crippen molar-refractivity contribution in [3.63, 3.8) is 0 Å². The first-order chi connectivity index (χ1) is 9.78. The SMILES string of the molecule is NCCc1cn(Cc2cccc(F)c2)c2ncccc12. The molecule has 3 aromatic rings. The zero-order valence-electron chi connectivity index (χ0n) is 11.1. The van der Waals surface area contributed by atoms with E-state index in [0.717, 1.165) is 23.0 Å². The molecule has 2 N–H and O–H groups in total. The minimum Gasteiger partial charge on any atom is -0.330 e. The van der Waals surface area contributed by atoms with E-state index in [0.29, 0.717) is 13.1 Å². The van der Waals surface area contributed by atoms with Crippen molar-refractivity contribution in [2.75, 3.05) is 6.54 Å². The van der Waals surface area contributed by atoms with Crippen LogP contribution in [0.3, 0.4) is 0 Å². The number of hydrogen-bond acceptors (Lipinski definition) is 2. The summed E-state index contributed by atoms with van der Waals surface area (Å²) in [4.78, 5) is 4.43. The average molecular weight is 269 g/mol. The summed E-state index contributed by atoms with van der Waals surface area (Å²) in [5, 5.41) is 1.12. The standard InChI is InChI=1S/C16H16FN3/c17-14-4-1-3-12(9-14)10-20-11-13(6-7-18)15-5-2-8-19-16(15)20/h1-5,8-9,11H,6-7,10,18H2. The molecule has 0 atom stereocenters. The fourth-order valence-corrected chi connectivity index (χ4v) is 2.50. The van der Waals surface area contributed by atoms with Crippen molar-refractivity contribution in [3.8, 4) is 0 Å². The molecule has 0 amide bonds. The maximum Gasteiger partial charge on any atom is 0.140 e. The minimum absolute atomic E-state index is 0.214. The van der Waals surface area contributed by atoms with Gasteiger partial charge in [0.25, 0.3) is 0 Å². The van der Waals surface area contributed by atoms with Crippen molar-refractivity contribution in [1.82, 2.24) is 9.55 Å². The second-order valence-electron chi connectivity index (χ2n) is 4.83. The molecule has 3 rings (SSSR count). The quantitative estimate of drug-likeness (QED) is 0.791. The molecule has 2 heterocycles. The molecule has 20 heavy (non-hydrogen) atoms. The molecule has 0 unspecified atom stereocenters. The number of hydrogen-bond donors (Lipinski definition) is 1. The van der Waals surface area contributed by atoms with E-state index in [-0.39, 0.29) is 5.82 Å². The van der Waals surface area contributed by atoms with Crippen molar-refractivity contribution in [2.45, 2.75) is 13.0 Å². The van der Waals surface area contributed by atoms with Gasteiger partial charge in [-0.3, -0.25) is 0 Å². The van der Waals surface area contributed by atoms with Gasteiger partial charge in [0.05, 0.1) is 0 Å². The van der Waals surface area contributed by atoms with Crippen molar-refractivity contribution >= 4 is 11.0 Å². The van der Waals surface area contributed by atoms with Crippen LogP contribution in [0.4, 0.5) is 4.39 Å². The van der Waals surface area contributed by atoms with Crippen molar-refractivity contribution in [2.24, 2.45) is 5.73 Å². The molecule has 0 saturated carbocycles. The van der Waals surface area contributed by atoms with E-state index < -0.39 is 0 Å². The summed E-state index contributed by atoms with van der Waals surface area (Å²) in [5.41, 5.74) is 8.68. The van der Waals surface area contributed by atoms with Gasteiger partial charge < -0.3 is 10.3 Å². The number of nitrogens with two attached hydrogens (primary N) is 1. The van der Waals surface area contributed by atoms with Gasteiger partial charge in [-0.2, -0.15) is 0 Å². The van der Waals surface area contributed by atoms with Crippen LogP contribution in [0.25, 0.3) is 11.0 Å². The maximum atomic E-state index is 13.3. The lowest BCUT2D eigenvalue weighted by atomic mass is 10.2. The first kappa shape index (κ1) is 12.8. The van der Waals surface area contributed by atoms with Crippen LogP contribution in [0.5, 0.6) is 0 Å². The number of rotatable bonds is 4. The Kier molecular flexibility index (Phi) is 3.48. The van der Waals surface area contributed by atoms with E-state index in [2.05, 4.69) is 21.8 Å². The first-order valence-corrected chi connectivity index (χ1v) is 6.65. The van der Waals surface area contributed by atoms with Gasteiger partial charge in [-0.25, -0.2) is 9.37 Å². The molecule has 1 aromatic carbocycles. The van der Waals surface area contributed by atoms with E-state index in [1.807, 2.05) is 12.1 Å². The topological polar surface area (TPSA) is 43.8 Å². The molecule has 0 aliphatic heterocycles. The molecule has 0 radical (unpaired) electrons. The third-order valence-corrected chi connectivity index (χ3v) is 3.37. The van der Waals surface area contributed by atoms with Crippen LogP contribution in [0.1, 0.15) is 11.1 Å². The highest BCUT2D eigenvalue weighted by atomic mass is 19.1. The van der Waals surface area contributed by atoms with Crippen LogP contribution in [0.15, 0.2) is 48.8 Å². The normalized spacial score (nSPS) is 11.1. The molecule has 0 bridgehead atoms. The molecule has 0 saturated heterocycles. The lowest BCUT2D eigenvalue weighted by Crippen LogP contribution is -2.02. The smallest absolute Gasteiger partial charge is 0.140 e. The fourth-order valence-electron chi connectivity index (χ4n) is 2.50. The van der Waals surface area contributed by atoms with Crippen molar-refractivity contribution < 1.29 is 4.39 Å². The summed E-state index contributed by atoms with van der Waals surface area (Å²) in [5.74, 6) is -0.214. The molecule has 4 heteroatoms. The third-order valence-electron chi connectivity index (χ3n) is 3.37. The molecule has 0 aliphatic carbocycles. The van der Waals surface area contributed by atoms with Crippen molar-refractivity contribution in [3.05, 3.63) is 65.7 Å². The Labute approximate surface area is 116 Å².